The molecule has 2 unspecified atom stereocenters. The van der Waals surface area contributed by atoms with E-state index in [0.29, 0.717) is 5.56 Å². The molecule has 0 aliphatic rings. The van der Waals surface area contributed by atoms with Gasteiger partial charge in [-0.25, -0.2) is 13.1 Å². The number of nitrogens with one attached hydrogen (secondary N) is 1. The van der Waals surface area contributed by atoms with Crippen LogP contribution >= 0.6 is 0 Å². The Bertz CT molecular complexity index is 546. The van der Waals surface area contributed by atoms with Gasteiger partial charge in [-0.05, 0) is 30.2 Å². The van der Waals surface area contributed by atoms with Gasteiger partial charge in [0.05, 0.1) is 22.6 Å². The predicted octanol–water partition coefficient (Wildman–Crippen LogP) is 1.24. The van der Waals surface area contributed by atoms with E-state index in [-0.39, 0.29) is 17.4 Å². The lowest BCUT2D eigenvalue weighted by molar-refractivity contribution is 0.118. The van der Waals surface area contributed by atoms with Gasteiger partial charge >= 0.3 is 0 Å². The van der Waals surface area contributed by atoms with Gasteiger partial charge in [-0.3, -0.25) is 0 Å². The van der Waals surface area contributed by atoms with Crippen LogP contribution in [0.1, 0.15) is 25.8 Å². The summed E-state index contributed by atoms with van der Waals surface area (Å²) < 4.78 is 26.3. The summed E-state index contributed by atoms with van der Waals surface area (Å²) in [6.45, 7) is 3.78. The number of hydrogen-bond acceptors (Lipinski definition) is 4. The lowest BCUT2D eigenvalue weighted by Gasteiger charge is -2.17. The lowest BCUT2D eigenvalue weighted by Crippen LogP contribution is -2.35. The Balaban J connectivity index is 2.73. The molecule has 0 saturated heterocycles. The number of sulfonamides is 1. The molecular weight excluding hydrogens is 264 g/mol. The van der Waals surface area contributed by atoms with Gasteiger partial charge in [0, 0.05) is 6.54 Å². The van der Waals surface area contributed by atoms with Crippen molar-refractivity contribution in [2.24, 2.45) is 5.92 Å². The minimum atomic E-state index is -3.64. The number of aliphatic hydroxyl groups is 1. The van der Waals surface area contributed by atoms with Crippen molar-refractivity contribution in [3.63, 3.8) is 0 Å². The summed E-state index contributed by atoms with van der Waals surface area (Å²) in [6.07, 6.45) is 0.0675. The molecule has 0 bridgehead atoms. The van der Waals surface area contributed by atoms with Crippen LogP contribution in [-0.4, -0.2) is 26.2 Å². The van der Waals surface area contributed by atoms with Crippen molar-refractivity contribution in [1.82, 2.24) is 4.72 Å². The Hall–Kier alpha value is -1.42. The van der Waals surface area contributed by atoms with Crippen LogP contribution in [-0.2, 0) is 10.0 Å². The molecule has 1 aromatic rings. The molecule has 0 heterocycles. The Morgan fingerprint density at radius 2 is 1.95 bits per heavy atom. The molecule has 0 amide bonds. The van der Waals surface area contributed by atoms with Gasteiger partial charge in [0.25, 0.3) is 0 Å². The van der Waals surface area contributed by atoms with Crippen molar-refractivity contribution in [3.8, 4) is 6.07 Å². The summed E-state index contributed by atoms with van der Waals surface area (Å²) in [5.41, 5.74) is 0.401. The Kier molecular flexibility index (Phi) is 5.48. The van der Waals surface area contributed by atoms with E-state index in [1.54, 1.807) is 0 Å². The van der Waals surface area contributed by atoms with Gasteiger partial charge in [0.15, 0.2) is 0 Å². The monoisotopic (exact) mass is 282 g/mol. The average Bonchev–Trinajstić information content (AvgIpc) is 2.44. The van der Waals surface area contributed by atoms with Crippen molar-refractivity contribution in [1.29, 1.82) is 5.26 Å². The van der Waals surface area contributed by atoms with E-state index < -0.39 is 16.1 Å². The van der Waals surface area contributed by atoms with Crippen molar-refractivity contribution in [3.05, 3.63) is 29.8 Å². The summed E-state index contributed by atoms with van der Waals surface area (Å²) >= 11 is 0. The van der Waals surface area contributed by atoms with E-state index in [4.69, 9.17) is 5.26 Å². The standard InChI is InChI=1S/C13H18N2O3S/c1-3-10(2)13(16)9-15-19(17,18)12-6-4-11(8-14)5-7-12/h4-7,10,13,15-16H,3,9H2,1-2H3. The first-order valence-electron chi connectivity index (χ1n) is 6.08. The third-order valence-corrected chi connectivity index (χ3v) is 4.52. The lowest BCUT2D eigenvalue weighted by atomic mass is 10.0. The summed E-state index contributed by atoms with van der Waals surface area (Å²) in [4.78, 5) is 0.0860. The summed E-state index contributed by atoms with van der Waals surface area (Å²) in [6, 6.07) is 7.55. The fourth-order valence-electron chi connectivity index (χ4n) is 1.46. The molecule has 0 radical (unpaired) electrons. The normalized spacial score (nSPS) is 14.6. The largest absolute Gasteiger partial charge is 0.391 e. The molecule has 1 aromatic carbocycles. The van der Waals surface area contributed by atoms with Crippen molar-refractivity contribution >= 4 is 10.0 Å². The number of benzene rings is 1. The molecule has 0 aliphatic heterocycles. The van der Waals surface area contributed by atoms with E-state index in [9.17, 15) is 13.5 Å². The van der Waals surface area contributed by atoms with E-state index in [1.807, 2.05) is 19.9 Å². The first-order valence-corrected chi connectivity index (χ1v) is 7.57. The maximum absolute atomic E-state index is 11.9. The molecule has 104 valence electrons. The zero-order chi connectivity index (χ0) is 14.5. The van der Waals surface area contributed by atoms with E-state index in [2.05, 4.69) is 4.72 Å². The minimum absolute atomic E-state index is 0.0165. The van der Waals surface area contributed by atoms with Crippen LogP contribution in [0.2, 0.25) is 0 Å². The third-order valence-electron chi connectivity index (χ3n) is 3.08. The molecular formula is C13H18N2O3S. The fourth-order valence-corrected chi connectivity index (χ4v) is 2.51. The van der Waals surface area contributed by atoms with Gasteiger partial charge < -0.3 is 5.11 Å². The first kappa shape index (κ1) is 15.6. The second-order valence-electron chi connectivity index (χ2n) is 4.44. The molecule has 2 N–H and O–H groups in total. The molecule has 0 fully saturated rings. The average molecular weight is 282 g/mol. The molecule has 5 nitrogen and oxygen atoms in total. The second-order valence-corrected chi connectivity index (χ2v) is 6.21. The SMILES string of the molecule is CCC(C)C(O)CNS(=O)(=O)c1ccc(C#N)cc1. The first-order chi connectivity index (χ1) is 8.90. The number of aliphatic hydroxyl groups excluding tert-OH is 1. The van der Waals surface area contributed by atoms with E-state index in [1.165, 1.54) is 24.3 Å². The molecule has 1 rings (SSSR count). The van der Waals surface area contributed by atoms with Gasteiger partial charge in [0.2, 0.25) is 10.0 Å². The predicted molar refractivity (Wildman–Crippen MR) is 71.8 cm³/mol. The highest BCUT2D eigenvalue weighted by atomic mass is 32.2. The van der Waals surface area contributed by atoms with Crippen LogP contribution in [0.15, 0.2) is 29.2 Å². The van der Waals surface area contributed by atoms with Gasteiger partial charge in [-0.1, -0.05) is 20.3 Å². The Labute approximate surface area is 113 Å². The summed E-state index contributed by atoms with van der Waals surface area (Å²) in [5, 5.41) is 18.4. The maximum Gasteiger partial charge on any atom is 0.240 e. The van der Waals surface area contributed by atoms with Gasteiger partial charge in [0.1, 0.15) is 0 Å². The van der Waals surface area contributed by atoms with Crippen LogP contribution in [0.25, 0.3) is 0 Å². The fraction of sp³-hybridized carbons (Fsp3) is 0.462. The molecule has 0 saturated carbocycles. The molecule has 6 heteroatoms. The maximum atomic E-state index is 11.9. The highest BCUT2D eigenvalue weighted by Gasteiger charge is 2.18. The highest BCUT2D eigenvalue weighted by molar-refractivity contribution is 7.89. The molecule has 19 heavy (non-hydrogen) atoms. The van der Waals surface area contributed by atoms with Crippen LogP contribution in [0.3, 0.4) is 0 Å². The molecule has 2 atom stereocenters. The molecule has 0 aromatic heterocycles. The summed E-state index contributed by atoms with van der Waals surface area (Å²) in [7, 11) is -3.64. The number of hydrogen-bond donors (Lipinski definition) is 2. The number of rotatable bonds is 6. The van der Waals surface area contributed by atoms with Crippen LogP contribution in [0, 0.1) is 17.2 Å². The van der Waals surface area contributed by atoms with E-state index >= 15 is 0 Å². The van der Waals surface area contributed by atoms with Crippen molar-refractivity contribution in [2.45, 2.75) is 31.3 Å². The second kappa shape index (κ2) is 6.66. The van der Waals surface area contributed by atoms with Crippen LogP contribution < -0.4 is 4.72 Å². The van der Waals surface area contributed by atoms with Gasteiger partial charge in [-0.2, -0.15) is 5.26 Å². The summed E-state index contributed by atoms with van der Waals surface area (Å²) in [5.74, 6) is 0.0312. The zero-order valence-corrected chi connectivity index (χ0v) is 11.8. The Morgan fingerprint density at radius 3 is 2.42 bits per heavy atom. The topological polar surface area (TPSA) is 90.2 Å². The van der Waals surface area contributed by atoms with Gasteiger partial charge in [-0.15, -0.1) is 0 Å². The Morgan fingerprint density at radius 1 is 1.37 bits per heavy atom. The van der Waals surface area contributed by atoms with Crippen LogP contribution in [0.4, 0.5) is 0 Å². The van der Waals surface area contributed by atoms with E-state index in [0.717, 1.165) is 6.42 Å². The van der Waals surface area contributed by atoms with Crippen molar-refractivity contribution in [2.75, 3.05) is 6.54 Å². The molecule has 0 spiro atoms. The number of nitriles is 1. The van der Waals surface area contributed by atoms with Crippen molar-refractivity contribution < 1.29 is 13.5 Å². The third kappa shape index (κ3) is 4.31. The quantitative estimate of drug-likeness (QED) is 0.821. The smallest absolute Gasteiger partial charge is 0.240 e. The zero-order valence-electron chi connectivity index (χ0n) is 11.0. The number of nitrogens with zero attached hydrogens (tertiary/aromatic N) is 1. The van der Waals surface area contributed by atoms with Crippen LogP contribution in [0.5, 0.6) is 0 Å². The minimum Gasteiger partial charge on any atom is -0.391 e. The molecule has 0 aliphatic carbocycles. The highest BCUT2D eigenvalue weighted by Crippen LogP contribution is 2.11.